The van der Waals surface area contributed by atoms with Gasteiger partial charge in [-0.1, -0.05) is 28.1 Å². The van der Waals surface area contributed by atoms with E-state index in [0.29, 0.717) is 0 Å². The monoisotopic (exact) mass is 315 g/mol. The highest BCUT2D eigenvalue weighted by atomic mass is 79.9. The molecule has 0 aliphatic heterocycles. The molecule has 0 radical (unpaired) electrons. The van der Waals surface area contributed by atoms with Crippen molar-refractivity contribution in [1.29, 1.82) is 0 Å². The molecule has 0 aliphatic rings. The lowest BCUT2D eigenvalue weighted by Crippen LogP contribution is -2.14. The Bertz CT molecular complexity index is 452. The predicted molar refractivity (Wildman–Crippen MR) is 59.4 cm³/mol. The molecule has 4 nitrogen and oxygen atoms in total. The van der Waals surface area contributed by atoms with Gasteiger partial charge in [0.25, 0.3) is 0 Å². The van der Waals surface area contributed by atoms with Crippen molar-refractivity contribution >= 4 is 31.6 Å². The Labute approximate surface area is 99.8 Å². The van der Waals surface area contributed by atoms with E-state index in [-0.39, 0.29) is 16.1 Å². The zero-order valence-electron chi connectivity index (χ0n) is 7.86. The maximum Gasteiger partial charge on any atom is 0.387 e. The number of ether oxygens (including phenoxy) is 1. The number of rotatable bonds is 5. The smallest absolute Gasteiger partial charge is 0.387 e. The molecule has 0 fully saturated rings. The molecule has 0 saturated carbocycles. The molecule has 1 rings (SSSR count). The quantitative estimate of drug-likeness (QED) is 0.849. The number of hydrogen-bond acceptors (Lipinski definition) is 3. The fraction of sp³-hybridized carbons (Fsp3) is 0.250. The summed E-state index contributed by atoms with van der Waals surface area (Å²) in [6.45, 7) is -3.00. The molecule has 1 aromatic rings. The average Bonchev–Trinajstić information content (AvgIpc) is 2.20. The Morgan fingerprint density at radius 2 is 2.00 bits per heavy atom. The van der Waals surface area contributed by atoms with Crippen LogP contribution in [0.4, 0.5) is 14.5 Å². The third kappa shape index (κ3) is 3.93. The Morgan fingerprint density at radius 1 is 1.38 bits per heavy atom. The van der Waals surface area contributed by atoms with Crippen LogP contribution in [-0.2, 0) is 10.0 Å². The number of anilines is 1. The zero-order chi connectivity index (χ0) is 12.2. The van der Waals surface area contributed by atoms with Crippen LogP contribution in [0.15, 0.2) is 24.3 Å². The van der Waals surface area contributed by atoms with Crippen molar-refractivity contribution in [3.63, 3.8) is 0 Å². The topological polar surface area (TPSA) is 55.4 Å². The normalized spacial score (nSPS) is 11.5. The number of halogens is 3. The van der Waals surface area contributed by atoms with Crippen LogP contribution in [0.25, 0.3) is 0 Å². The van der Waals surface area contributed by atoms with E-state index in [1.165, 1.54) is 24.3 Å². The first-order chi connectivity index (χ1) is 7.44. The van der Waals surface area contributed by atoms with E-state index >= 15 is 0 Å². The van der Waals surface area contributed by atoms with Gasteiger partial charge < -0.3 is 4.74 Å². The minimum atomic E-state index is -3.59. The van der Waals surface area contributed by atoms with Gasteiger partial charge in [0.15, 0.2) is 0 Å². The molecular weight excluding hydrogens is 308 g/mol. The molecule has 0 amide bonds. The van der Waals surface area contributed by atoms with Crippen LogP contribution in [-0.4, -0.2) is 19.7 Å². The van der Waals surface area contributed by atoms with Crippen LogP contribution in [0.1, 0.15) is 0 Å². The molecular formula is C8H8BrF2NO3S. The highest BCUT2D eigenvalue weighted by Crippen LogP contribution is 2.26. The minimum absolute atomic E-state index is 0.0257. The number of para-hydroxylation sites is 2. The first-order valence-electron chi connectivity index (χ1n) is 4.05. The van der Waals surface area contributed by atoms with E-state index in [4.69, 9.17) is 0 Å². The lowest BCUT2D eigenvalue weighted by Gasteiger charge is -2.11. The van der Waals surface area contributed by atoms with Crippen molar-refractivity contribution in [3.05, 3.63) is 24.3 Å². The van der Waals surface area contributed by atoms with E-state index in [1.54, 1.807) is 0 Å². The number of benzene rings is 1. The molecule has 16 heavy (non-hydrogen) atoms. The summed E-state index contributed by atoms with van der Waals surface area (Å²) >= 11 is 2.76. The van der Waals surface area contributed by atoms with Crippen LogP contribution in [0.5, 0.6) is 5.75 Å². The molecule has 0 aliphatic carbocycles. The van der Waals surface area contributed by atoms with Crippen LogP contribution in [0.3, 0.4) is 0 Å². The number of hydrogen-bond donors (Lipinski definition) is 1. The largest absolute Gasteiger partial charge is 0.433 e. The van der Waals surface area contributed by atoms with Crippen molar-refractivity contribution in [2.75, 3.05) is 9.38 Å². The summed E-state index contributed by atoms with van der Waals surface area (Å²) in [5.41, 5.74) is -0.0257. The van der Waals surface area contributed by atoms with Crippen molar-refractivity contribution in [1.82, 2.24) is 0 Å². The number of nitrogens with one attached hydrogen (secondary N) is 1. The second-order valence-corrected chi connectivity index (χ2v) is 5.73. The lowest BCUT2D eigenvalue weighted by molar-refractivity contribution is -0.0493. The summed E-state index contributed by atoms with van der Waals surface area (Å²) < 4.78 is 52.4. The second-order valence-electron chi connectivity index (χ2n) is 2.70. The molecule has 0 saturated heterocycles. The van der Waals surface area contributed by atoms with Crippen LogP contribution in [0.2, 0.25) is 0 Å². The standard InChI is InChI=1S/C8H8BrF2NO3S/c9-5-16(13,14)12-6-3-1-2-4-7(6)15-8(10)11/h1-4,8,12H,5H2. The summed E-state index contributed by atoms with van der Waals surface area (Å²) in [4.78, 5) is 0. The van der Waals surface area contributed by atoms with E-state index < -0.39 is 16.6 Å². The second kappa shape index (κ2) is 5.44. The summed E-state index contributed by atoms with van der Waals surface area (Å²) in [5, 5.41) is 0. The lowest BCUT2D eigenvalue weighted by atomic mass is 10.3. The van der Waals surface area contributed by atoms with Gasteiger partial charge in [-0.3, -0.25) is 4.72 Å². The molecule has 90 valence electrons. The van der Waals surface area contributed by atoms with Gasteiger partial charge in [0.2, 0.25) is 10.0 Å². The zero-order valence-corrected chi connectivity index (χ0v) is 10.3. The number of alkyl halides is 3. The first-order valence-corrected chi connectivity index (χ1v) is 6.82. The van der Waals surface area contributed by atoms with E-state index in [2.05, 4.69) is 25.4 Å². The molecule has 8 heteroatoms. The third-order valence-corrected chi connectivity index (χ3v) is 4.14. The fourth-order valence-corrected chi connectivity index (χ4v) is 1.85. The van der Waals surface area contributed by atoms with Gasteiger partial charge in [-0.05, 0) is 12.1 Å². The van der Waals surface area contributed by atoms with Crippen LogP contribution >= 0.6 is 15.9 Å². The van der Waals surface area contributed by atoms with Gasteiger partial charge in [0, 0.05) is 0 Å². The van der Waals surface area contributed by atoms with Gasteiger partial charge in [0.05, 0.1) is 5.69 Å². The molecule has 0 bridgehead atoms. The minimum Gasteiger partial charge on any atom is -0.433 e. The molecule has 1 N–H and O–H groups in total. The van der Waals surface area contributed by atoms with E-state index in [1.807, 2.05) is 0 Å². The predicted octanol–water partition coefficient (Wildman–Crippen LogP) is 2.38. The van der Waals surface area contributed by atoms with Gasteiger partial charge in [-0.2, -0.15) is 8.78 Å². The van der Waals surface area contributed by atoms with E-state index in [0.717, 1.165) is 0 Å². The molecule has 0 atom stereocenters. The Morgan fingerprint density at radius 3 is 2.56 bits per heavy atom. The Hall–Kier alpha value is -0.890. The maximum atomic E-state index is 12.0. The molecule has 0 unspecified atom stereocenters. The molecule has 0 heterocycles. The van der Waals surface area contributed by atoms with Gasteiger partial charge in [-0.15, -0.1) is 0 Å². The highest BCUT2D eigenvalue weighted by molar-refractivity contribution is 9.10. The Kier molecular flexibility index (Phi) is 4.48. The Balaban J connectivity index is 2.95. The molecule has 0 aromatic heterocycles. The molecule has 1 aromatic carbocycles. The van der Waals surface area contributed by atoms with E-state index in [9.17, 15) is 17.2 Å². The van der Waals surface area contributed by atoms with Crippen molar-refractivity contribution in [2.24, 2.45) is 0 Å². The van der Waals surface area contributed by atoms with Gasteiger partial charge in [0.1, 0.15) is 10.4 Å². The maximum absolute atomic E-state index is 12.0. The van der Waals surface area contributed by atoms with Crippen molar-refractivity contribution < 1.29 is 21.9 Å². The average molecular weight is 316 g/mol. The van der Waals surface area contributed by atoms with Gasteiger partial charge >= 0.3 is 6.61 Å². The summed E-state index contributed by atoms with van der Waals surface area (Å²) in [5.74, 6) is -0.220. The summed E-state index contributed by atoms with van der Waals surface area (Å²) in [6, 6.07) is 5.55. The van der Waals surface area contributed by atoms with Crippen LogP contribution < -0.4 is 9.46 Å². The fourth-order valence-electron chi connectivity index (χ4n) is 0.945. The SMILES string of the molecule is O=S(=O)(CBr)Nc1ccccc1OC(F)F. The van der Waals surface area contributed by atoms with Gasteiger partial charge in [-0.25, -0.2) is 8.42 Å². The first kappa shape index (κ1) is 13.2. The highest BCUT2D eigenvalue weighted by Gasteiger charge is 2.13. The molecule has 0 spiro atoms. The third-order valence-electron chi connectivity index (χ3n) is 1.51. The summed E-state index contributed by atoms with van der Waals surface area (Å²) in [7, 11) is -3.59. The van der Waals surface area contributed by atoms with Crippen LogP contribution in [0, 0.1) is 0 Å². The summed E-state index contributed by atoms with van der Waals surface area (Å²) in [6.07, 6.45) is 0. The van der Waals surface area contributed by atoms with Crippen molar-refractivity contribution in [3.8, 4) is 5.75 Å². The van der Waals surface area contributed by atoms with Crippen molar-refractivity contribution in [2.45, 2.75) is 6.61 Å². The number of sulfonamides is 1.